The predicted molar refractivity (Wildman–Crippen MR) is 87.8 cm³/mol. The van der Waals surface area contributed by atoms with E-state index in [0.717, 1.165) is 18.8 Å². The molecule has 1 aromatic carbocycles. The summed E-state index contributed by atoms with van der Waals surface area (Å²) in [4.78, 5) is 0. The zero-order chi connectivity index (χ0) is 15.0. The Balaban J connectivity index is 2.23. The molecule has 2 heteroatoms. The molecule has 21 heavy (non-hydrogen) atoms. The van der Waals surface area contributed by atoms with E-state index < -0.39 is 0 Å². The number of methoxy groups -OCH3 is 1. The van der Waals surface area contributed by atoms with Gasteiger partial charge in [-0.2, -0.15) is 0 Å². The Kier molecular flexibility index (Phi) is 3.83. The van der Waals surface area contributed by atoms with E-state index >= 15 is 0 Å². The molecule has 2 nitrogen and oxygen atoms in total. The summed E-state index contributed by atoms with van der Waals surface area (Å²) in [5, 5.41) is 3.60. The molecule has 3 rings (SSSR count). The Morgan fingerprint density at radius 2 is 2.10 bits per heavy atom. The van der Waals surface area contributed by atoms with E-state index in [1.807, 2.05) is 0 Å². The molecule has 1 aromatic rings. The number of hydrogen-bond donors (Lipinski definition) is 1. The van der Waals surface area contributed by atoms with Crippen LogP contribution in [0.15, 0.2) is 24.3 Å². The van der Waals surface area contributed by atoms with Crippen LogP contribution in [-0.4, -0.2) is 13.7 Å². The first-order chi connectivity index (χ1) is 10.1. The minimum Gasteiger partial charge on any atom is -0.496 e. The zero-order valence-electron chi connectivity index (χ0n) is 13.7. The van der Waals surface area contributed by atoms with Gasteiger partial charge in [0.25, 0.3) is 0 Å². The lowest BCUT2D eigenvalue weighted by molar-refractivity contribution is 0.275. The van der Waals surface area contributed by atoms with Gasteiger partial charge in [-0.15, -0.1) is 0 Å². The first kappa shape index (κ1) is 14.6. The van der Waals surface area contributed by atoms with Crippen molar-refractivity contribution in [3.8, 4) is 5.75 Å². The third-order valence-electron chi connectivity index (χ3n) is 5.54. The smallest absolute Gasteiger partial charge is 0.122 e. The van der Waals surface area contributed by atoms with Crippen LogP contribution in [0.4, 0.5) is 0 Å². The van der Waals surface area contributed by atoms with Gasteiger partial charge < -0.3 is 10.1 Å². The van der Waals surface area contributed by atoms with Crippen LogP contribution in [0.5, 0.6) is 5.75 Å². The van der Waals surface area contributed by atoms with Crippen molar-refractivity contribution in [3.05, 3.63) is 41.0 Å². The highest BCUT2D eigenvalue weighted by atomic mass is 16.5. The molecule has 3 unspecified atom stereocenters. The molecule has 1 N–H and O–H groups in total. The van der Waals surface area contributed by atoms with Gasteiger partial charge in [-0.25, -0.2) is 0 Å². The highest BCUT2D eigenvalue weighted by Crippen LogP contribution is 2.48. The second kappa shape index (κ2) is 5.49. The number of rotatable bonds is 1. The fourth-order valence-corrected chi connectivity index (χ4v) is 4.41. The summed E-state index contributed by atoms with van der Waals surface area (Å²) in [6.07, 6.45) is 7.38. The summed E-state index contributed by atoms with van der Waals surface area (Å²) in [5.74, 6) is 2.38. The first-order valence-corrected chi connectivity index (χ1v) is 8.15. The van der Waals surface area contributed by atoms with E-state index in [4.69, 9.17) is 4.74 Å². The van der Waals surface area contributed by atoms with E-state index in [0.29, 0.717) is 11.8 Å². The van der Waals surface area contributed by atoms with E-state index in [9.17, 15) is 0 Å². The average molecular weight is 285 g/mol. The molecule has 0 radical (unpaired) electrons. The molecule has 3 atom stereocenters. The van der Waals surface area contributed by atoms with Crippen LogP contribution in [0.3, 0.4) is 0 Å². The maximum atomic E-state index is 5.60. The van der Waals surface area contributed by atoms with Crippen molar-refractivity contribution in [1.82, 2.24) is 5.32 Å². The molecule has 0 saturated carbocycles. The number of hydrogen-bond acceptors (Lipinski definition) is 2. The minimum atomic E-state index is 0.171. The Labute approximate surface area is 128 Å². The second-order valence-electron chi connectivity index (χ2n) is 6.87. The number of fused-ring (bicyclic) bond motifs is 2. The van der Waals surface area contributed by atoms with E-state index in [2.05, 4.69) is 50.4 Å². The minimum absolute atomic E-state index is 0.171. The van der Waals surface area contributed by atoms with E-state index in [1.54, 1.807) is 7.11 Å². The summed E-state index contributed by atoms with van der Waals surface area (Å²) >= 11 is 0. The lowest BCUT2D eigenvalue weighted by Crippen LogP contribution is -2.37. The van der Waals surface area contributed by atoms with Crippen molar-refractivity contribution >= 4 is 0 Å². The molecular weight excluding hydrogens is 258 g/mol. The zero-order valence-corrected chi connectivity index (χ0v) is 13.7. The van der Waals surface area contributed by atoms with Gasteiger partial charge in [0.2, 0.25) is 0 Å². The van der Waals surface area contributed by atoms with E-state index in [1.165, 1.54) is 29.5 Å². The van der Waals surface area contributed by atoms with Crippen LogP contribution in [0.1, 0.15) is 43.4 Å². The van der Waals surface area contributed by atoms with Crippen molar-refractivity contribution in [2.75, 3.05) is 13.7 Å². The van der Waals surface area contributed by atoms with Crippen LogP contribution < -0.4 is 10.1 Å². The Morgan fingerprint density at radius 1 is 1.29 bits per heavy atom. The highest BCUT2D eigenvalue weighted by Gasteiger charge is 2.41. The summed E-state index contributed by atoms with van der Waals surface area (Å²) in [5.41, 5.74) is 4.45. The molecule has 0 fully saturated rings. The second-order valence-corrected chi connectivity index (χ2v) is 6.87. The monoisotopic (exact) mass is 285 g/mol. The third kappa shape index (κ3) is 2.30. The third-order valence-corrected chi connectivity index (χ3v) is 5.54. The van der Waals surface area contributed by atoms with Crippen molar-refractivity contribution < 1.29 is 4.74 Å². The summed E-state index contributed by atoms with van der Waals surface area (Å²) in [6, 6.07) is 4.37. The van der Waals surface area contributed by atoms with Gasteiger partial charge in [0.05, 0.1) is 7.11 Å². The Morgan fingerprint density at radius 3 is 2.81 bits per heavy atom. The first-order valence-electron chi connectivity index (χ1n) is 8.15. The largest absolute Gasteiger partial charge is 0.496 e. The predicted octanol–water partition coefficient (Wildman–Crippen LogP) is 3.97. The highest BCUT2D eigenvalue weighted by molar-refractivity contribution is 5.52. The number of nitrogens with one attached hydrogen (secondary N) is 1. The molecule has 0 amide bonds. The lowest BCUT2D eigenvalue weighted by Gasteiger charge is -2.42. The molecule has 0 bridgehead atoms. The number of benzene rings is 1. The van der Waals surface area contributed by atoms with Gasteiger partial charge in [0, 0.05) is 12.0 Å². The topological polar surface area (TPSA) is 21.3 Å². The van der Waals surface area contributed by atoms with Crippen molar-refractivity contribution in [2.45, 2.75) is 45.6 Å². The van der Waals surface area contributed by atoms with Gasteiger partial charge in [0.1, 0.15) is 5.75 Å². The molecule has 114 valence electrons. The SMILES string of the molecule is COc1ccc2c(c1C)C1(C=CC(C)CC1C)CCNC2. The molecule has 1 spiro atoms. The molecule has 1 aliphatic carbocycles. The summed E-state index contributed by atoms with van der Waals surface area (Å²) in [7, 11) is 1.78. The fourth-order valence-electron chi connectivity index (χ4n) is 4.41. The van der Waals surface area contributed by atoms with Crippen LogP contribution in [0.25, 0.3) is 0 Å². The number of allylic oxidation sites excluding steroid dienone is 2. The van der Waals surface area contributed by atoms with Crippen LogP contribution in [-0.2, 0) is 12.0 Å². The van der Waals surface area contributed by atoms with Crippen LogP contribution in [0.2, 0.25) is 0 Å². The molecule has 2 aliphatic rings. The van der Waals surface area contributed by atoms with Crippen molar-refractivity contribution in [2.24, 2.45) is 11.8 Å². The van der Waals surface area contributed by atoms with Gasteiger partial charge in [-0.1, -0.05) is 32.1 Å². The molecule has 1 aliphatic heterocycles. The van der Waals surface area contributed by atoms with Crippen LogP contribution >= 0.6 is 0 Å². The fraction of sp³-hybridized carbons (Fsp3) is 0.579. The maximum Gasteiger partial charge on any atom is 0.122 e. The Bertz CT molecular complexity index is 563. The maximum absolute atomic E-state index is 5.60. The lowest BCUT2D eigenvalue weighted by atomic mass is 9.61. The van der Waals surface area contributed by atoms with E-state index in [-0.39, 0.29) is 5.41 Å². The summed E-state index contributed by atoms with van der Waals surface area (Å²) in [6.45, 7) is 9.03. The van der Waals surface area contributed by atoms with Gasteiger partial charge in [0.15, 0.2) is 0 Å². The standard InChI is InChI=1S/C19H27NO/c1-13-7-8-19(14(2)11-13)9-10-20-12-16-5-6-17(21-4)15(3)18(16)19/h5-8,13-14,20H,9-12H2,1-4H3. The molecule has 0 saturated heterocycles. The van der Waals surface area contributed by atoms with Crippen molar-refractivity contribution in [3.63, 3.8) is 0 Å². The van der Waals surface area contributed by atoms with Crippen molar-refractivity contribution in [1.29, 1.82) is 0 Å². The molecule has 0 aromatic heterocycles. The molecular formula is C19H27NO. The quantitative estimate of drug-likeness (QED) is 0.788. The Hall–Kier alpha value is -1.28. The van der Waals surface area contributed by atoms with Gasteiger partial charge in [-0.05, 0) is 60.9 Å². The molecule has 1 heterocycles. The average Bonchev–Trinajstić information content (AvgIpc) is 2.65. The normalized spacial score (nSPS) is 31.8. The summed E-state index contributed by atoms with van der Waals surface area (Å²) < 4.78 is 5.60. The number of ether oxygens (including phenoxy) is 1. The van der Waals surface area contributed by atoms with Crippen LogP contribution in [0, 0.1) is 18.8 Å². The van der Waals surface area contributed by atoms with Gasteiger partial charge >= 0.3 is 0 Å². The van der Waals surface area contributed by atoms with Gasteiger partial charge in [-0.3, -0.25) is 0 Å².